The van der Waals surface area contributed by atoms with Crippen LogP contribution in [0, 0.1) is 25.2 Å². The Labute approximate surface area is 157 Å². The number of amides is 1. The van der Waals surface area contributed by atoms with Gasteiger partial charge >= 0.3 is 0 Å². The second-order valence-corrected chi connectivity index (χ2v) is 8.75. The Morgan fingerprint density at radius 3 is 2.69 bits per heavy atom. The summed E-state index contributed by atoms with van der Waals surface area (Å²) in [6.07, 6.45) is 7.78. The summed E-state index contributed by atoms with van der Waals surface area (Å²) in [5.74, 6) is 3.15. The number of carbonyl (C=O) groups is 1. The fourth-order valence-electron chi connectivity index (χ4n) is 5.00. The van der Waals surface area contributed by atoms with E-state index in [-0.39, 0.29) is 5.41 Å². The number of nitrogens with zero attached hydrogens (tertiary/aromatic N) is 4. The molecule has 1 aromatic heterocycles. The van der Waals surface area contributed by atoms with E-state index < -0.39 is 0 Å². The van der Waals surface area contributed by atoms with E-state index in [0.717, 1.165) is 68.7 Å². The Hall–Kier alpha value is -1.65. The number of likely N-dealkylation sites (tertiary alicyclic amines) is 1. The van der Waals surface area contributed by atoms with Crippen LogP contribution in [0.5, 0.6) is 0 Å². The van der Waals surface area contributed by atoms with Crippen LogP contribution in [0.15, 0.2) is 0 Å². The molecule has 26 heavy (non-hydrogen) atoms. The maximum absolute atomic E-state index is 12.4. The maximum atomic E-state index is 12.4. The van der Waals surface area contributed by atoms with Gasteiger partial charge in [-0.25, -0.2) is 9.97 Å². The van der Waals surface area contributed by atoms with E-state index in [1.54, 1.807) is 0 Å². The van der Waals surface area contributed by atoms with E-state index in [0.29, 0.717) is 5.91 Å². The van der Waals surface area contributed by atoms with Gasteiger partial charge < -0.3 is 9.80 Å². The van der Waals surface area contributed by atoms with Gasteiger partial charge in [-0.1, -0.05) is 6.92 Å². The maximum Gasteiger partial charge on any atom is 0.222 e. The van der Waals surface area contributed by atoms with Gasteiger partial charge in [-0.3, -0.25) is 4.79 Å². The normalized spacial score (nSPS) is 26.7. The first kappa shape index (κ1) is 17.7. The van der Waals surface area contributed by atoms with Crippen LogP contribution < -0.4 is 4.90 Å². The zero-order chi connectivity index (χ0) is 18.3. The molecule has 1 spiro atoms. The van der Waals surface area contributed by atoms with Crippen molar-refractivity contribution < 1.29 is 4.79 Å². The van der Waals surface area contributed by atoms with Crippen LogP contribution in [0.4, 0.5) is 5.82 Å². The number of rotatable bonds is 4. The molecule has 0 aromatic carbocycles. The van der Waals surface area contributed by atoms with Gasteiger partial charge in [0.2, 0.25) is 5.91 Å². The molecule has 3 aliphatic rings. The van der Waals surface area contributed by atoms with Crippen molar-refractivity contribution in [3.63, 3.8) is 0 Å². The van der Waals surface area contributed by atoms with Gasteiger partial charge in [0.05, 0.1) is 0 Å². The van der Waals surface area contributed by atoms with E-state index in [9.17, 15) is 4.79 Å². The van der Waals surface area contributed by atoms with Crippen molar-refractivity contribution in [3.05, 3.63) is 17.1 Å². The highest BCUT2D eigenvalue weighted by Gasteiger charge is 2.43. The lowest BCUT2D eigenvalue weighted by Gasteiger charge is -2.49. The second kappa shape index (κ2) is 6.82. The number of hydrogen-bond donors (Lipinski definition) is 0. The Morgan fingerprint density at radius 1 is 1.15 bits per heavy atom. The van der Waals surface area contributed by atoms with Crippen molar-refractivity contribution in [1.29, 1.82) is 0 Å². The Bertz CT molecular complexity index is 699. The number of piperidine rings is 2. The summed E-state index contributed by atoms with van der Waals surface area (Å²) >= 11 is 0. The molecule has 1 aromatic rings. The van der Waals surface area contributed by atoms with Crippen molar-refractivity contribution >= 4 is 11.7 Å². The highest BCUT2D eigenvalue weighted by molar-refractivity contribution is 5.77. The summed E-state index contributed by atoms with van der Waals surface area (Å²) in [7, 11) is 0. The molecule has 1 amide bonds. The molecule has 1 saturated carbocycles. The van der Waals surface area contributed by atoms with Crippen molar-refractivity contribution in [2.24, 2.45) is 11.3 Å². The lowest BCUT2D eigenvalue weighted by Crippen LogP contribution is -2.54. The minimum atomic E-state index is 0.249. The lowest BCUT2D eigenvalue weighted by atomic mass is 9.73. The van der Waals surface area contributed by atoms with Gasteiger partial charge in [0.1, 0.15) is 11.6 Å². The van der Waals surface area contributed by atoms with Gasteiger partial charge in [-0.2, -0.15) is 0 Å². The average molecular weight is 357 g/mol. The molecule has 1 aliphatic carbocycles. The van der Waals surface area contributed by atoms with Crippen LogP contribution in [0.25, 0.3) is 0 Å². The fraction of sp³-hybridized carbons (Fsp3) is 0.762. The molecular formula is C21H32N4O. The molecule has 5 heteroatoms. The molecule has 3 heterocycles. The van der Waals surface area contributed by atoms with Crippen molar-refractivity contribution in [2.75, 3.05) is 31.1 Å². The molecule has 0 N–H and O–H groups in total. The molecule has 0 unspecified atom stereocenters. The lowest BCUT2D eigenvalue weighted by molar-refractivity contribution is -0.138. The Balaban J connectivity index is 1.56. The predicted molar refractivity (Wildman–Crippen MR) is 103 cm³/mol. The zero-order valence-electron chi connectivity index (χ0n) is 16.6. The topological polar surface area (TPSA) is 49.3 Å². The van der Waals surface area contributed by atoms with Crippen LogP contribution in [0.1, 0.15) is 62.5 Å². The summed E-state index contributed by atoms with van der Waals surface area (Å²) in [5, 5.41) is 0. The largest absolute Gasteiger partial charge is 0.356 e. The monoisotopic (exact) mass is 356 g/mol. The Kier molecular flexibility index (Phi) is 4.66. The quantitative estimate of drug-likeness (QED) is 0.831. The first-order chi connectivity index (χ1) is 12.5. The third-order valence-electron chi connectivity index (χ3n) is 6.54. The predicted octanol–water partition coefficient (Wildman–Crippen LogP) is 3.27. The third-order valence-corrected chi connectivity index (χ3v) is 6.54. The molecule has 1 atom stereocenters. The number of anilines is 1. The molecule has 3 fully saturated rings. The molecular weight excluding hydrogens is 324 g/mol. The average Bonchev–Trinajstić information content (AvgIpc) is 3.42. The van der Waals surface area contributed by atoms with E-state index >= 15 is 0 Å². The highest BCUT2D eigenvalue weighted by atomic mass is 16.2. The highest BCUT2D eigenvalue weighted by Crippen LogP contribution is 2.42. The summed E-state index contributed by atoms with van der Waals surface area (Å²) in [5.41, 5.74) is 2.65. The van der Waals surface area contributed by atoms with Gasteiger partial charge in [0.15, 0.2) is 0 Å². The summed E-state index contributed by atoms with van der Waals surface area (Å²) < 4.78 is 0. The molecule has 0 bridgehead atoms. The zero-order valence-corrected chi connectivity index (χ0v) is 16.6. The minimum Gasteiger partial charge on any atom is -0.356 e. The van der Waals surface area contributed by atoms with E-state index in [1.165, 1.54) is 31.2 Å². The molecule has 2 saturated heterocycles. The number of carbonyl (C=O) groups excluding carboxylic acids is 1. The minimum absolute atomic E-state index is 0.249. The number of aromatic nitrogens is 2. The van der Waals surface area contributed by atoms with Crippen molar-refractivity contribution in [1.82, 2.24) is 14.9 Å². The smallest absolute Gasteiger partial charge is 0.222 e. The molecule has 0 radical (unpaired) electrons. The number of aryl methyl sites for hydroxylation is 2. The van der Waals surface area contributed by atoms with E-state index in [2.05, 4.69) is 28.6 Å². The van der Waals surface area contributed by atoms with Crippen LogP contribution in [0.3, 0.4) is 0 Å². The summed E-state index contributed by atoms with van der Waals surface area (Å²) in [6, 6.07) is 0. The molecule has 4 rings (SSSR count). The third kappa shape index (κ3) is 3.45. The van der Waals surface area contributed by atoms with Crippen LogP contribution in [0.2, 0.25) is 0 Å². The summed E-state index contributed by atoms with van der Waals surface area (Å²) in [4.78, 5) is 26.5. The van der Waals surface area contributed by atoms with Crippen LogP contribution in [-0.2, 0) is 11.2 Å². The molecule has 5 nitrogen and oxygen atoms in total. The molecule has 2 aliphatic heterocycles. The van der Waals surface area contributed by atoms with Gasteiger partial charge in [0, 0.05) is 49.3 Å². The first-order valence-electron chi connectivity index (χ1n) is 10.4. The first-order valence-corrected chi connectivity index (χ1v) is 10.4. The Morgan fingerprint density at radius 2 is 1.96 bits per heavy atom. The summed E-state index contributed by atoms with van der Waals surface area (Å²) in [6.45, 7) is 10.3. The van der Waals surface area contributed by atoms with Gasteiger partial charge in [0.25, 0.3) is 0 Å². The van der Waals surface area contributed by atoms with Crippen molar-refractivity contribution in [3.8, 4) is 0 Å². The molecule has 142 valence electrons. The van der Waals surface area contributed by atoms with Crippen molar-refractivity contribution in [2.45, 2.75) is 65.7 Å². The standard InChI is InChI=1S/C21H32N4O/c1-4-18-15(2)22-16(3)23-20(18)24-11-5-9-21(13-24)10-8-19(26)25(14-21)12-17-6-7-17/h17H,4-14H2,1-3H3/t21-/m0/s1. The van der Waals surface area contributed by atoms with Crippen LogP contribution in [-0.4, -0.2) is 47.0 Å². The van der Waals surface area contributed by atoms with E-state index in [4.69, 9.17) is 4.98 Å². The van der Waals surface area contributed by atoms with Gasteiger partial charge in [-0.05, 0) is 58.3 Å². The fourth-order valence-corrected chi connectivity index (χ4v) is 5.00. The number of hydrogen-bond acceptors (Lipinski definition) is 4. The second-order valence-electron chi connectivity index (χ2n) is 8.75. The van der Waals surface area contributed by atoms with E-state index in [1.807, 2.05) is 6.92 Å². The van der Waals surface area contributed by atoms with Crippen LogP contribution >= 0.6 is 0 Å². The van der Waals surface area contributed by atoms with Gasteiger partial charge in [-0.15, -0.1) is 0 Å². The SMILES string of the molecule is CCc1c(C)nc(C)nc1N1CCC[C@]2(CCC(=O)N(CC3CC3)C2)C1.